The molecule has 2 aliphatic rings. The highest BCUT2D eigenvalue weighted by Crippen LogP contribution is 2.45. The van der Waals surface area contributed by atoms with Gasteiger partial charge in [-0.1, -0.05) is 54.1 Å². The van der Waals surface area contributed by atoms with Crippen molar-refractivity contribution in [2.45, 2.75) is 25.0 Å². The number of hydrogen-bond donors (Lipinski definition) is 5. The van der Waals surface area contributed by atoms with Gasteiger partial charge in [-0.15, -0.1) is 0 Å². The summed E-state index contributed by atoms with van der Waals surface area (Å²) >= 11 is 0. The lowest BCUT2D eigenvalue weighted by Gasteiger charge is -2.35. The molecule has 224 valence electrons. The number of H-pyrrole nitrogens is 4. The molecule has 6 heterocycles. The van der Waals surface area contributed by atoms with E-state index in [1.165, 1.54) is 27.6 Å². The fourth-order valence-corrected chi connectivity index (χ4v) is 6.86. The van der Waals surface area contributed by atoms with Crippen LogP contribution in [-0.4, -0.2) is 19.9 Å². The number of aromatic amines is 4. The summed E-state index contributed by atoms with van der Waals surface area (Å²) < 4.78 is 7.08. The summed E-state index contributed by atoms with van der Waals surface area (Å²) in [6.45, 7) is 2.11. The molecule has 2 aliphatic heterocycles. The molecule has 4 aromatic heterocycles. The van der Waals surface area contributed by atoms with E-state index in [0.717, 1.165) is 57.5 Å². The topological polar surface area (TPSA) is 84.4 Å². The molecule has 5 N–H and O–H groups in total. The summed E-state index contributed by atoms with van der Waals surface area (Å²) in [5, 5.41) is 5.75. The van der Waals surface area contributed by atoms with E-state index in [1.54, 1.807) is 0 Å². The summed E-state index contributed by atoms with van der Waals surface area (Å²) in [4.78, 5) is 14.1. The monoisotopic (exact) mass is 599 g/mol. The molecule has 0 saturated carbocycles. The van der Waals surface area contributed by atoms with Crippen molar-refractivity contribution in [1.29, 1.82) is 0 Å². The van der Waals surface area contributed by atoms with E-state index < -0.39 is 5.60 Å². The van der Waals surface area contributed by atoms with Crippen LogP contribution in [0.25, 0.3) is 50.9 Å². The van der Waals surface area contributed by atoms with Crippen molar-refractivity contribution in [1.82, 2.24) is 25.3 Å². The van der Waals surface area contributed by atoms with Gasteiger partial charge in [0.15, 0.2) is 5.60 Å². The Labute approximate surface area is 266 Å². The Kier molecular flexibility index (Phi) is 5.96. The van der Waals surface area contributed by atoms with E-state index in [1.807, 2.05) is 18.5 Å². The second kappa shape index (κ2) is 10.3. The molecule has 6 heteroatoms. The number of ether oxygens (including phenoxy) is 1. The average molecular weight is 600 g/mol. The standard InChI is InChI=1S/C40H33N5O/c1-25-6-10-28(11-7-25)40(39-19-17-37(45-39)36-16-15-35(44-36)33-5-3-23-42-33)21-20-30-29-12-8-27(24-26(29)9-18-38(30)46-40)31-13-14-34(43-31)32-4-2-22-41-32/h2-3,5-24,32,41-45H,4H2,1H3. The number of aromatic nitrogens is 4. The summed E-state index contributed by atoms with van der Waals surface area (Å²) in [5.74, 6) is 0.857. The Balaban J connectivity index is 1.08. The molecule has 7 aromatic rings. The quantitative estimate of drug-likeness (QED) is 0.132. The zero-order chi connectivity index (χ0) is 30.7. The van der Waals surface area contributed by atoms with Crippen LogP contribution in [0.1, 0.15) is 40.5 Å². The van der Waals surface area contributed by atoms with Gasteiger partial charge < -0.3 is 30.0 Å². The lowest BCUT2D eigenvalue weighted by Crippen LogP contribution is -2.34. The largest absolute Gasteiger partial charge is 0.471 e. The summed E-state index contributed by atoms with van der Waals surface area (Å²) in [7, 11) is 0. The number of aryl methyl sites for hydroxylation is 1. The fourth-order valence-electron chi connectivity index (χ4n) is 6.86. The van der Waals surface area contributed by atoms with Crippen molar-refractivity contribution >= 4 is 16.8 Å². The van der Waals surface area contributed by atoms with Crippen LogP contribution in [0.5, 0.6) is 5.75 Å². The van der Waals surface area contributed by atoms with Crippen molar-refractivity contribution in [3.8, 4) is 39.8 Å². The fraction of sp³-hybridized carbons (Fsp3) is 0.100. The van der Waals surface area contributed by atoms with Gasteiger partial charge in [0.2, 0.25) is 0 Å². The molecule has 6 nitrogen and oxygen atoms in total. The van der Waals surface area contributed by atoms with Crippen LogP contribution in [0.3, 0.4) is 0 Å². The van der Waals surface area contributed by atoms with Crippen molar-refractivity contribution in [3.05, 3.63) is 156 Å². The van der Waals surface area contributed by atoms with Crippen LogP contribution in [0, 0.1) is 6.92 Å². The van der Waals surface area contributed by atoms with E-state index in [0.29, 0.717) is 6.04 Å². The Hall–Kier alpha value is -5.88. The van der Waals surface area contributed by atoms with E-state index in [2.05, 4.69) is 147 Å². The van der Waals surface area contributed by atoms with E-state index >= 15 is 0 Å². The Morgan fingerprint density at radius 1 is 0.739 bits per heavy atom. The van der Waals surface area contributed by atoms with E-state index in [9.17, 15) is 0 Å². The maximum absolute atomic E-state index is 7.08. The molecule has 0 fully saturated rings. The Morgan fingerprint density at radius 3 is 2.39 bits per heavy atom. The highest BCUT2D eigenvalue weighted by molar-refractivity contribution is 5.96. The third-order valence-electron chi connectivity index (χ3n) is 9.39. The van der Waals surface area contributed by atoms with Gasteiger partial charge in [-0.3, -0.25) is 0 Å². The van der Waals surface area contributed by atoms with E-state index in [-0.39, 0.29) is 0 Å². The number of rotatable bonds is 6. The van der Waals surface area contributed by atoms with Gasteiger partial charge in [-0.2, -0.15) is 0 Å². The predicted octanol–water partition coefficient (Wildman–Crippen LogP) is 9.36. The molecule has 0 radical (unpaired) electrons. The molecule has 0 spiro atoms. The SMILES string of the molecule is Cc1ccc(C2(c3ccc(-c4ccc(-c5ccc[nH]5)[nH]4)[nH]3)C=Cc3c(ccc4cc(-c5ccc(C6CC=CN6)[nH]5)ccc34)O2)cc1. The van der Waals surface area contributed by atoms with Crippen molar-refractivity contribution < 1.29 is 4.74 Å². The minimum atomic E-state index is -0.814. The average Bonchev–Trinajstić information content (AvgIpc) is 3.92. The van der Waals surface area contributed by atoms with Gasteiger partial charge in [0.05, 0.1) is 34.5 Å². The molecule has 0 saturated heterocycles. The number of hydrogen-bond acceptors (Lipinski definition) is 2. The molecular weight excluding hydrogens is 566 g/mol. The Bertz CT molecular complexity index is 2250. The number of nitrogens with one attached hydrogen (secondary N) is 5. The predicted molar refractivity (Wildman–Crippen MR) is 185 cm³/mol. The molecule has 2 unspecified atom stereocenters. The van der Waals surface area contributed by atoms with Crippen LogP contribution in [0.2, 0.25) is 0 Å². The minimum absolute atomic E-state index is 0.317. The molecule has 46 heavy (non-hydrogen) atoms. The van der Waals surface area contributed by atoms with Gasteiger partial charge in [0, 0.05) is 28.7 Å². The number of fused-ring (bicyclic) bond motifs is 3. The molecule has 0 aliphatic carbocycles. The lowest BCUT2D eigenvalue weighted by atomic mass is 9.86. The molecule has 2 atom stereocenters. The lowest BCUT2D eigenvalue weighted by molar-refractivity contribution is 0.157. The maximum atomic E-state index is 7.08. The van der Waals surface area contributed by atoms with Gasteiger partial charge in [0.25, 0.3) is 0 Å². The van der Waals surface area contributed by atoms with E-state index in [4.69, 9.17) is 4.74 Å². The highest BCUT2D eigenvalue weighted by atomic mass is 16.5. The normalized spacial score (nSPS) is 18.5. The maximum Gasteiger partial charge on any atom is 0.192 e. The van der Waals surface area contributed by atoms with Crippen molar-refractivity contribution in [2.24, 2.45) is 0 Å². The van der Waals surface area contributed by atoms with Gasteiger partial charge >= 0.3 is 0 Å². The second-order valence-corrected chi connectivity index (χ2v) is 12.3. The molecule has 9 rings (SSSR count). The second-order valence-electron chi connectivity index (χ2n) is 12.3. The van der Waals surface area contributed by atoms with Crippen LogP contribution >= 0.6 is 0 Å². The minimum Gasteiger partial charge on any atom is -0.471 e. The van der Waals surface area contributed by atoms with Gasteiger partial charge in [-0.05, 0) is 109 Å². The first-order chi connectivity index (χ1) is 22.6. The Morgan fingerprint density at radius 2 is 1.57 bits per heavy atom. The van der Waals surface area contributed by atoms with Crippen molar-refractivity contribution in [3.63, 3.8) is 0 Å². The first-order valence-electron chi connectivity index (χ1n) is 15.8. The zero-order valence-corrected chi connectivity index (χ0v) is 25.4. The molecular formula is C40H33N5O. The number of benzene rings is 3. The first-order valence-corrected chi connectivity index (χ1v) is 15.8. The summed E-state index contributed by atoms with van der Waals surface area (Å²) in [6.07, 6.45) is 11.6. The van der Waals surface area contributed by atoms with Gasteiger partial charge in [0.1, 0.15) is 5.75 Å². The smallest absolute Gasteiger partial charge is 0.192 e. The summed E-state index contributed by atoms with van der Waals surface area (Å²) in [5.41, 5.74) is 11.1. The zero-order valence-electron chi connectivity index (χ0n) is 25.4. The van der Waals surface area contributed by atoms with Crippen LogP contribution in [0.15, 0.2) is 128 Å². The van der Waals surface area contributed by atoms with Crippen molar-refractivity contribution in [2.75, 3.05) is 0 Å². The summed E-state index contributed by atoms with van der Waals surface area (Å²) in [6, 6.07) is 36.8. The third kappa shape index (κ3) is 4.33. The van der Waals surface area contributed by atoms with Crippen LogP contribution in [0.4, 0.5) is 0 Å². The molecule has 3 aromatic carbocycles. The molecule has 0 amide bonds. The first kappa shape index (κ1) is 26.5. The van der Waals surface area contributed by atoms with Crippen LogP contribution in [-0.2, 0) is 5.60 Å². The van der Waals surface area contributed by atoms with Crippen LogP contribution < -0.4 is 10.1 Å². The van der Waals surface area contributed by atoms with Gasteiger partial charge in [-0.25, -0.2) is 0 Å². The third-order valence-corrected chi connectivity index (χ3v) is 9.39. The molecule has 0 bridgehead atoms. The highest BCUT2D eigenvalue weighted by Gasteiger charge is 2.39.